The highest BCUT2D eigenvalue weighted by atomic mass is 35.5. The number of piperidine rings is 1. The van der Waals surface area contributed by atoms with Crippen molar-refractivity contribution >= 4 is 23.2 Å². The third kappa shape index (κ3) is 1.49. The number of fused-ring (bicyclic) bond motifs is 1. The molecule has 1 aromatic rings. The van der Waals surface area contributed by atoms with Crippen molar-refractivity contribution < 1.29 is 0 Å². The van der Waals surface area contributed by atoms with Crippen molar-refractivity contribution in [3.63, 3.8) is 0 Å². The normalized spacial score (nSPS) is 33.6. The molecule has 15 heavy (non-hydrogen) atoms. The van der Waals surface area contributed by atoms with Gasteiger partial charge in [-0.1, -0.05) is 29.3 Å². The molecule has 80 valence electrons. The molecule has 3 rings (SSSR count). The van der Waals surface area contributed by atoms with Gasteiger partial charge in [0.1, 0.15) is 0 Å². The van der Waals surface area contributed by atoms with Crippen LogP contribution in [0.15, 0.2) is 18.2 Å². The molecule has 1 N–H and O–H groups in total. The maximum absolute atomic E-state index is 6.06. The van der Waals surface area contributed by atoms with Gasteiger partial charge in [0.15, 0.2) is 0 Å². The van der Waals surface area contributed by atoms with Crippen LogP contribution in [0.1, 0.15) is 18.4 Å². The number of rotatable bonds is 1. The Hall–Kier alpha value is -0.240. The first-order chi connectivity index (χ1) is 7.22. The predicted octanol–water partition coefficient (Wildman–Crippen LogP) is 3.24. The Balaban J connectivity index is 1.96. The van der Waals surface area contributed by atoms with Crippen LogP contribution in [-0.4, -0.2) is 13.1 Å². The van der Waals surface area contributed by atoms with Crippen molar-refractivity contribution in [1.29, 1.82) is 0 Å². The Morgan fingerprint density at radius 2 is 2.13 bits per heavy atom. The highest BCUT2D eigenvalue weighted by molar-refractivity contribution is 6.42. The lowest BCUT2D eigenvalue weighted by molar-refractivity contribution is 0.447. The topological polar surface area (TPSA) is 12.0 Å². The Morgan fingerprint density at radius 1 is 1.27 bits per heavy atom. The van der Waals surface area contributed by atoms with Crippen molar-refractivity contribution in [2.75, 3.05) is 13.1 Å². The van der Waals surface area contributed by atoms with Gasteiger partial charge in [-0.05, 0) is 43.0 Å². The van der Waals surface area contributed by atoms with Crippen molar-refractivity contribution in [3.05, 3.63) is 33.8 Å². The summed E-state index contributed by atoms with van der Waals surface area (Å²) < 4.78 is 0. The Bertz CT molecular complexity index is 405. The Morgan fingerprint density at radius 3 is 2.87 bits per heavy atom. The van der Waals surface area contributed by atoms with E-state index in [1.165, 1.54) is 18.4 Å². The molecule has 1 aromatic carbocycles. The first-order valence-corrected chi connectivity index (χ1v) is 6.14. The maximum Gasteiger partial charge on any atom is 0.0595 e. The molecule has 1 saturated carbocycles. The zero-order valence-electron chi connectivity index (χ0n) is 8.39. The zero-order chi connectivity index (χ0) is 10.5. The minimum absolute atomic E-state index is 0.368. The molecule has 2 atom stereocenters. The average molecular weight is 242 g/mol. The van der Waals surface area contributed by atoms with Crippen LogP contribution in [-0.2, 0) is 5.41 Å². The van der Waals surface area contributed by atoms with Crippen LogP contribution in [0.2, 0.25) is 10.0 Å². The van der Waals surface area contributed by atoms with E-state index in [0.29, 0.717) is 15.5 Å². The van der Waals surface area contributed by atoms with Crippen molar-refractivity contribution in [2.24, 2.45) is 5.92 Å². The van der Waals surface area contributed by atoms with E-state index in [-0.39, 0.29) is 0 Å². The molecule has 1 aliphatic heterocycles. The molecular weight excluding hydrogens is 229 g/mol. The van der Waals surface area contributed by atoms with Gasteiger partial charge >= 0.3 is 0 Å². The maximum atomic E-state index is 6.06. The predicted molar refractivity (Wildman–Crippen MR) is 63.7 cm³/mol. The number of hydrogen-bond donors (Lipinski definition) is 1. The van der Waals surface area contributed by atoms with E-state index in [1.54, 1.807) is 0 Å². The quantitative estimate of drug-likeness (QED) is 0.797. The molecule has 2 unspecified atom stereocenters. The van der Waals surface area contributed by atoms with Gasteiger partial charge in [-0.2, -0.15) is 0 Å². The molecule has 0 aromatic heterocycles. The van der Waals surface area contributed by atoms with Crippen molar-refractivity contribution in [1.82, 2.24) is 5.32 Å². The minimum Gasteiger partial charge on any atom is -0.316 e. The minimum atomic E-state index is 0.368. The molecular formula is C12H13Cl2N. The molecule has 0 spiro atoms. The lowest BCUT2D eigenvalue weighted by atomic mass is 9.90. The molecule has 1 heterocycles. The largest absolute Gasteiger partial charge is 0.316 e. The average Bonchev–Trinajstić information content (AvgIpc) is 2.97. The lowest BCUT2D eigenvalue weighted by Crippen LogP contribution is -2.34. The van der Waals surface area contributed by atoms with Gasteiger partial charge in [-0.25, -0.2) is 0 Å². The summed E-state index contributed by atoms with van der Waals surface area (Å²) in [6.45, 7) is 2.25. The van der Waals surface area contributed by atoms with Gasteiger partial charge in [-0.3, -0.25) is 0 Å². The van der Waals surface area contributed by atoms with E-state index in [1.807, 2.05) is 12.1 Å². The number of benzene rings is 1. The van der Waals surface area contributed by atoms with Gasteiger partial charge in [0.05, 0.1) is 10.0 Å². The van der Waals surface area contributed by atoms with E-state index < -0.39 is 0 Å². The lowest BCUT2D eigenvalue weighted by Gasteiger charge is -2.23. The summed E-state index contributed by atoms with van der Waals surface area (Å²) >= 11 is 12.0. The molecule has 3 heteroatoms. The van der Waals surface area contributed by atoms with Crippen LogP contribution in [0.4, 0.5) is 0 Å². The summed E-state index contributed by atoms with van der Waals surface area (Å²) in [6, 6.07) is 6.08. The van der Waals surface area contributed by atoms with Crippen LogP contribution in [0.3, 0.4) is 0 Å². The summed E-state index contributed by atoms with van der Waals surface area (Å²) in [5.74, 6) is 0.857. The third-order valence-corrected chi connectivity index (χ3v) is 4.58. The van der Waals surface area contributed by atoms with Crippen LogP contribution in [0.25, 0.3) is 0 Å². The van der Waals surface area contributed by atoms with Crippen LogP contribution in [0.5, 0.6) is 0 Å². The van der Waals surface area contributed by atoms with Crippen molar-refractivity contribution in [2.45, 2.75) is 18.3 Å². The van der Waals surface area contributed by atoms with E-state index in [0.717, 1.165) is 19.0 Å². The fraction of sp³-hybridized carbons (Fsp3) is 0.500. The fourth-order valence-corrected chi connectivity index (χ4v) is 3.12. The molecule has 0 amide bonds. The molecule has 0 radical (unpaired) electrons. The SMILES string of the molecule is Clc1ccc(C23CNCCC2C3)cc1Cl. The third-order valence-electron chi connectivity index (χ3n) is 3.84. The van der Waals surface area contributed by atoms with E-state index >= 15 is 0 Å². The van der Waals surface area contributed by atoms with Gasteiger partial charge in [0, 0.05) is 12.0 Å². The molecule has 1 saturated heterocycles. The standard InChI is InChI=1S/C12H13Cl2N/c13-10-2-1-8(5-11(10)14)12-6-9(12)3-4-15-7-12/h1-2,5,9,15H,3-4,6-7H2. The van der Waals surface area contributed by atoms with Crippen LogP contribution < -0.4 is 5.32 Å². The molecule has 2 fully saturated rings. The van der Waals surface area contributed by atoms with E-state index in [2.05, 4.69) is 11.4 Å². The first-order valence-electron chi connectivity index (χ1n) is 5.39. The molecule has 1 nitrogen and oxygen atoms in total. The number of hydrogen-bond acceptors (Lipinski definition) is 1. The fourth-order valence-electron chi connectivity index (χ4n) is 2.82. The number of nitrogens with one attached hydrogen (secondary N) is 1. The summed E-state index contributed by atoms with van der Waals surface area (Å²) in [5.41, 5.74) is 1.72. The van der Waals surface area contributed by atoms with Crippen LogP contribution >= 0.6 is 23.2 Å². The van der Waals surface area contributed by atoms with E-state index in [9.17, 15) is 0 Å². The second-order valence-corrected chi connectivity index (χ2v) is 5.47. The second kappa shape index (κ2) is 3.38. The summed E-state index contributed by atoms with van der Waals surface area (Å²) in [7, 11) is 0. The second-order valence-electron chi connectivity index (χ2n) is 4.65. The van der Waals surface area contributed by atoms with Crippen molar-refractivity contribution in [3.8, 4) is 0 Å². The van der Waals surface area contributed by atoms with Gasteiger partial charge in [0.2, 0.25) is 0 Å². The van der Waals surface area contributed by atoms with Gasteiger partial charge < -0.3 is 5.32 Å². The summed E-state index contributed by atoms with van der Waals surface area (Å²) in [5, 5.41) is 4.80. The number of halogens is 2. The molecule has 0 bridgehead atoms. The highest BCUT2D eigenvalue weighted by Gasteiger charge is 2.55. The molecule has 2 aliphatic rings. The van der Waals surface area contributed by atoms with Gasteiger partial charge in [0.25, 0.3) is 0 Å². The smallest absolute Gasteiger partial charge is 0.0595 e. The van der Waals surface area contributed by atoms with E-state index in [4.69, 9.17) is 23.2 Å². The Labute approximate surface area is 99.8 Å². The van der Waals surface area contributed by atoms with Gasteiger partial charge in [-0.15, -0.1) is 0 Å². The summed E-state index contributed by atoms with van der Waals surface area (Å²) in [6.07, 6.45) is 2.60. The molecule has 1 aliphatic carbocycles. The van der Waals surface area contributed by atoms with Crippen LogP contribution in [0, 0.1) is 5.92 Å². The summed E-state index contributed by atoms with van der Waals surface area (Å²) in [4.78, 5) is 0. The monoisotopic (exact) mass is 241 g/mol. The zero-order valence-corrected chi connectivity index (χ0v) is 9.91. The highest BCUT2D eigenvalue weighted by Crippen LogP contribution is 2.57. The Kier molecular flexibility index (Phi) is 2.24. The first kappa shape index (κ1) is 9.95.